The van der Waals surface area contributed by atoms with Crippen molar-refractivity contribution in [1.29, 1.82) is 0 Å². The summed E-state index contributed by atoms with van der Waals surface area (Å²) < 4.78 is 99.0. The van der Waals surface area contributed by atoms with Crippen molar-refractivity contribution >= 4 is 110 Å². The number of nitrogens with zero attached hydrogens (tertiary/aromatic N) is 2. The van der Waals surface area contributed by atoms with E-state index in [-0.39, 0.29) is 10.8 Å². The molecule has 10 heteroatoms. The summed E-state index contributed by atoms with van der Waals surface area (Å²) in [6.07, 6.45) is -7.36. The van der Waals surface area contributed by atoms with Crippen molar-refractivity contribution in [2.45, 2.75) is 77.6 Å². The molecule has 0 aliphatic heterocycles. The number of alkyl halides is 6. The highest BCUT2D eigenvalue weighted by Gasteiger charge is 2.34. The molecule has 10 aromatic carbocycles. The van der Waals surface area contributed by atoms with E-state index in [1.165, 1.54) is 24.3 Å². The van der Waals surface area contributed by atoms with Crippen LogP contribution in [0.2, 0.25) is 0 Å². The van der Waals surface area contributed by atoms with E-state index in [1.807, 2.05) is 107 Å². The molecule has 74 heavy (non-hydrogen) atoms. The summed E-state index contributed by atoms with van der Waals surface area (Å²) in [4.78, 5) is 3.96. The van der Waals surface area contributed by atoms with Crippen LogP contribution in [0.5, 0.6) is 0 Å². The van der Waals surface area contributed by atoms with Crippen LogP contribution in [0.4, 0.5) is 60.5 Å². The van der Waals surface area contributed by atoms with Gasteiger partial charge in [0.1, 0.15) is 11.2 Å². The first-order valence-electron chi connectivity index (χ1n) is 24.9. The third kappa shape index (κ3) is 7.35. The van der Waals surface area contributed by atoms with E-state index in [4.69, 9.17) is 8.83 Å². The highest BCUT2D eigenvalue weighted by Crippen LogP contribution is 2.52. The monoisotopic (exact) mass is 992 g/mol. The fraction of sp³-hybridized carbons (Fsp3) is 0.188. The normalized spacial score (nSPS) is 13.0. The number of para-hydroxylation sites is 4. The molecular weight excluding hydrogens is 943 g/mol. The van der Waals surface area contributed by atoms with E-state index in [0.717, 1.165) is 113 Å². The maximum absolute atomic E-state index is 14.2. The third-order valence-corrected chi connectivity index (χ3v) is 15.7. The minimum absolute atomic E-state index is 0.207. The van der Waals surface area contributed by atoms with Crippen molar-refractivity contribution < 1.29 is 35.2 Å². The minimum Gasteiger partial charge on any atom is -0.454 e. The fourth-order valence-corrected chi connectivity index (χ4v) is 11.0. The van der Waals surface area contributed by atoms with E-state index in [9.17, 15) is 26.3 Å². The zero-order chi connectivity index (χ0) is 51.6. The van der Waals surface area contributed by atoms with E-state index in [1.54, 1.807) is 0 Å². The van der Waals surface area contributed by atoms with Gasteiger partial charge in [-0.15, -0.1) is 0 Å². The van der Waals surface area contributed by atoms with Crippen molar-refractivity contribution in [1.82, 2.24) is 0 Å². The number of benzene rings is 10. The van der Waals surface area contributed by atoms with Gasteiger partial charge in [-0.3, -0.25) is 0 Å². The van der Waals surface area contributed by atoms with Crippen LogP contribution in [0.25, 0.3) is 76.2 Å². The van der Waals surface area contributed by atoms with Crippen molar-refractivity contribution in [3.63, 3.8) is 0 Å². The van der Waals surface area contributed by atoms with Crippen LogP contribution in [-0.2, 0) is 23.2 Å². The van der Waals surface area contributed by atoms with Gasteiger partial charge >= 0.3 is 12.4 Å². The number of anilines is 6. The van der Waals surface area contributed by atoms with Gasteiger partial charge in [-0.05, 0) is 118 Å². The second kappa shape index (κ2) is 16.8. The molecule has 4 nitrogen and oxygen atoms in total. The lowest BCUT2D eigenvalue weighted by molar-refractivity contribution is -0.138. The number of hydrogen-bond donors (Lipinski definition) is 0. The highest BCUT2D eigenvalue weighted by atomic mass is 19.4. The van der Waals surface area contributed by atoms with Crippen LogP contribution in [0, 0.1) is 0 Å². The van der Waals surface area contributed by atoms with Gasteiger partial charge in [-0.25, -0.2) is 0 Å². The van der Waals surface area contributed by atoms with Crippen molar-refractivity contribution in [3.05, 3.63) is 192 Å². The van der Waals surface area contributed by atoms with Gasteiger partial charge in [-0.1, -0.05) is 139 Å². The zero-order valence-electron chi connectivity index (χ0n) is 41.6. The molecule has 0 saturated carbocycles. The summed E-state index contributed by atoms with van der Waals surface area (Å²) in [6, 6.07) is 50.8. The number of rotatable bonds is 10. The predicted molar refractivity (Wildman–Crippen MR) is 291 cm³/mol. The van der Waals surface area contributed by atoms with Crippen molar-refractivity contribution in [2.75, 3.05) is 9.80 Å². The average Bonchev–Trinajstić information content (AvgIpc) is 3.99. The Morgan fingerprint density at radius 3 is 1.04 bits per heavy atom. The van der Waals surface area contributed by atoms with Gasteiger partial charge in [0.2, 0.25) is 0 Å². The smallest absolute Gasteiger partial charge is 0.416 e. The Hall–Kier alpha value is -7.98. The Morgan fingerprint density at radius 1 is 0.351 bits per heavy atom. The molecule has 0 fully saturated rings. The summed E-state index contributed by atoms with van der Waals surface area (Å²) in [5.74, 6) is 0. The van der Waals surface area contributed by atoms with Crippen LogP contribution in [0.15, 0.2) is 179 Å². The molecule has 0 saturated heterocycles. The molecule has 0 N–H and O–H groups in total. The van der Waals surface area contributed by atoms with E-state index >= 15 is 0 Å². The Labute approximate surface area is 423 Å². The third-order valence-electron chi connectivity index (χ3n) is 15.7. The van der Waals surface area contributed by atoms with Crippen LogP contribution < -0.4 is 9.80 Å². The Kier molecular flexibility index (Phi) is 10.7. The Morgan fingerprint density at radius 2 is 0.689 bits per heavy atom. The summed E-state index contributed by atoms with van der Waals surface area (Å²) in [5, 5.41) is 8.93. The first-order chi connectivity index (χ1) is 35.4. The summed E-state index contributed by atoms with van der Waals surface area (Å²) in [7, 11) is 0. The molecule has 0 radical (unpaired) electrons. The molecule has 0 aliphatic carbocycles. The Bertz CT molecular complexity index is 3870. The molecule has 0 aliphatic rings. The lowest BCUT2D eigenvalue weighted by Crippen LogP contribution is -2.15. The summed E-state index contributed by atoms with van der Waals surface area (Å²) in [5.41, 5.74) is 6.57. The zero-order valence-corrected chi connectivity index (χ0v) is 41.6. The van der Waals surface area contributed by atoms with E-state index in [2.05, 4.69) is 65.8 Å². The van der Waals surface area contributed by atoms with Gasteiger partial charge in [0.05, 0.1) is 33.9 Å². The van der Waals surface area contributed by atoms with E-state index in [0.29, 0.717) is 45.3 Å². The van der Waals surface area contributed by atoms with Crippen LogP contribution >= 0.6 is 0 Å². The molecule has 0 spiro atoms. The Balaban J connectivity index is 1.12. The van der Waals surface area contributed by atoms with Gasteiger partial charge in [0.15, 0.2) is 11.2 Å². The molecule has 370 valence electrons. The quantitative estimate of drug-likeness (QED) is 0.101. The number of fused-ring (bicyclic) bond motifs is 6. The van der Waals surface area contributed by atoms with Gasteiger partial charge in [0.25, 0.3) is 0 Å². The van der Waals surface area contributed by atoms with Gasteiger partial charge in [-0.2, -0.15) is 26.3 Å². The SMILES string of the molecule is CCC(C)(C)c1cccc2c1oc1c(N(c3ccc(C(F)(F)F)cc3)c3ccc4ccc5c(N(c6ccc(C(F)(F)F)cc6)c6cccc7c6oc6c(C(C)(C)CC)cccc67)ccc6ccc3c4c65)cccc12. The maximum Gasteiger partial charge on any atom is 0.416 e. The number of halogens is 6. The van der Waals surface area contributed by atoms with Gasteiger partial charge < -0.3 is 18.6 Å². The number of furan rings is 2. The largest absolute Gasteiger partial charge is 0.454 e. The second-order valence-electron chi connectivity index (χ2n) is 20.7. The van der Waals surface area contributed by atoms with Crippen LogP contribution in [0.3, 0.4) is 0 Å². The fourth-order valence-electron chi connectivity index (χ4n) is 11.0. The molecule has 0 amide bonds. The summed E-state index contributed by atoms with van der Waals surface area (Å²) >= 11 is 0. The average molecular weight is 993 g/mol. The molecule has 2 heterocycles. The lowest BCUT2D eigenvalue weighted by Gasteiger charge is -2.29. The maximum atomic E-state index is 14.2. The first-order valence-corrected chi connectivity index (χ1v) is 24.9. The molecular formula is C64H50F6N2O2. The topological polar surface area (TPSA) is 32.8 Å². The lowest BCUT2D eigenvalue weighted by atomic mass is 9.81. The van der Waals surface area contributed by atoms with Crippen LogP contribution in [0.1, 0.15) is 76.6 Å². The number of hydrogen-bond acceptors (Lipinski definition) is 4. The molecule has 2 aromatic heterocycles. The van der Waals surface area contributed by atoms with Crippen LogP contribution in [-0.4, -0.2) is 0 Å². The molecule has 12 aromatic rings. The standard InChI is InChI=1S/C64H50F6N2O2/c1-7-61(3,4)49-17-9-13-43-45-15-11-19-53(59(45)73-57(43)49)71(41-29-25-39(26-30-41)63(65,66)67)51-35-23-37-22-34-48-52(36-24-38-21-33-47(51)55(37)56(38)48)72(42-31-27-40(28-32-42)64(68,69)70)54-20-12-16-46-44-14-10-18-50(62(5,6)8-2)58(44)74-60(46)54/h9-36H,7-8H2,1-6H3. The van der Waals surface area contributed by atoms with E-state index < -0.39 is 23.5 Å². The van der Waals surface area contributed by atoms with Crippen molar-refractivity contribution in [2.24, 2.45) is 0 Å². The molecule has 0 unspecified atom stereocenters. The summed E-state index contributed by atoms with van der Waals surface area (Å²) in [6.45, 7) is 13.0. The molecule has 12 rings (SSSR count). The first kappa shape index (κ1) is 47.1. The molecule has 0 atom stereocenters. The van der Waals surface area contributed by atoms with Gasteiger partial charge in [0, 0.05) is 54.8 Å². The minimum atomic E-state index is -4.55. The second-order valence-corrected chi connectivity index (χ2v) is 20.7. The highest BCUT2D eigenvalue weighted by molar-refractivity contribution is 6.29. The molecule has 0 bridgehead atoms. The van der Waals surface area contributed by atoms with Crippen molar-refractivity contribution in [3.8, 4) is 0 Å². The predicted octanol–water partition coefficient (Wildman–Crippen LogP) is 20.7.